The summed E-state index contributed by atoms with van der Waals surface area (Å²) in [5, 5.41) is 12.1. The van der Waals surface area contributed by atoms with Gasteiger partial charge in [-0.1, -0.05) is 0 Å². The van der Waals surface area contributed by atoms with E-state index in [2.05, 4.69) is 16.4 Å². The Morgan fingerprint density at radius 1 is 1.39 bits per heavy atom. The summed E-state index contributed by atoms with van der Waals surface area (Å²) in [4.78, 5) is 15.8. The first-order chi connectivity index (χ1) is 8.74. The van der Waals surface area contributed by atoms with Gasteiger partial charge in [0.05, 0.1) is 6.07 Å². The zero-order valence-corrected chi connectivity index (χ0v) is 10.4. The van der Waals surface area contributed by atoms with E-state index in [9.17, 15) is 10.1 Å². The highest BCUT2D eigenvalue weighted by Gasteiger charge is 2.34. The maximum Gasteiger partial charge on any atom is 0.221 e. The Bertz CT molecular complexity index is 444. The molecule has 0 aliphatic heterocycles. The van der Waals surface area contributed by atoms with Crippen LogP contribution in [0, 0.1) is 11.3 Å². The van der Waals surface area contributed by atoms with Crippen LogP contribution in [0.3, 0.4) is 0 Å². The number of aromatic nitrogens is 1. The number of hydrogen-bond donors (Lipinski definition) is 1. The first-order valence-corrected chi connectivity index (χ1v) is 6.35. The first kappa shape index (κ1) is 12.6. The second-order valence-electron chi connectivity index (χ2n) is 4.80. The average molecular weight is 243 g/mol. The van der Waals surface area contributed by atoms with E-state index in [1.165, 1.54) is 0 Å². The van der Waals surface area contributed by atoms with E-state index in [0.29, 0.717) is 12.8 Å². The van der Waals surface area contributed by atoms with Crippen LogP contribution in [-0.2, 0) is 11.2 Å². The van der Waals surface area contributed by atoms with Crippen LogP contribution in [-0.4, -0.2) is 16.4 Å². The topological polar surface area (TPSA) is 65.8 Å². The lowest BCUT2D eigenvalue weighted by molar-refractivity contribution is -0.122. The fraction of sp³-hybridized carbons (Fsp3) is 0.500. The summed E-state index contributed by atoms with van der Waals surface area (Å²) in [6, 6.07) is 6.08. The third kappa shape index (κ3) is 3.07. The van der Waals surface area contributed by atoms with Gasteiger partial charge in [-0.3, -0.25) is 9.78 Å². The van der Waals surface area contributed by atoms with Gasteiger partial charge in [0, 0.05) is 18.8 Å². The molecule has 18 heavy (non-hydrogen) atoms. The van der Waals surface area contributed by atoms with Crippen molar-refractivity contribution in [3.8, 4) is 6.07 Å². The van der Waals surface area contributed by atoms with Crippen molar-refractivity contribution >= 4 is 5.91 Å². The molecule has 4 nitrogen and oxygen atoms in total. The lowest BCUT2D eigenvalue weighted by Gasteiger charge is -2.21. The summed E-state index contributed by atoms with van der Waals surface area (Å²) >= 11 is 0. The summed E-state index contributed by atoms with van der Waals surface area (Å²) in [6.07, 6.45) is 8.18. The largest absolute Gasteiger partial charge is 0.338 e. The highest BCUT2D eigenvalue weighted by atomic mass is 16.1. The van der Waals surface area contributed by atoms with E-state index in [4.69, 9.17) is 0 Å². The van der Waals surface area contributed by atoms with Crippen LogP contribution in [0.2, 0.25) is 0 Å². The Morgan fingerprint density at radius 2 is 2.06 bits per heavy atom. The zero-order valence-electron chi connectivity index (χ0n) is 10.4. The molecule has 0 atom stereocenters. The van der Waals surface area contributed by atoms with E-state index >= 15 is 0 Å². The second-order valence-corrected chi connectivity index (χ2v) is 4.80. The zero-order chi connectivity index (χ0) is 12.8. The van der Waals surface area contributed by atoms with Gasteiger partial charge in [-0.15, -0.1) is 0 Å². The Morgan fingerprint density at radius 3 is 2.67 bits per heavy atom. The number of hydrogen-bond acceptors (Lipinski definition) is 3. The van der Waals surface area contributed by atoms with Crippen molar-refractivity contribution in [3.05, 3.63) is 30.1 Å². The molecular formula is C14H17N3O. The van der Waals surface area contributed by atoms with Crippen molar-refractivity contribution in [1.29, 1.82) is 5.26 Å². The molecule has 1 aromatic rings. The molecule has 0 unspecified atom stereocenters. The molecule has 1 saturated carbocycles. The number of carbonyl (C=O) groups excluding carboxylic acids is 1. The van der Waals surface area contributed by atoms with Crippen molar-refractivity contribution in [3.63, 3.8) is 0 Å². The lowest BCUT2D eigenvalue weighted by atomic mass is 9.99. The van der Waals surface area contributed by atoms with Gasteiger partial charge in [0.25, 0.3) is 0 Å². The van der Waals surface area contributed by atoms with Crippen LogP contribution >= 0.6 is 0 Å². The molecule has 1 fully saturated rings. The van der Waals surface area contributed by atoms with Crippen molar-refractivity contribution < 1.29 is 4.79 Å². The molecule has 94 valence electrons. The Balaban J connectivity index is 1.84. The lowest BCUT2D eigenvalue weighted by Crippen LogP contribution is -2.45. The van der Waals surface area contributed by atoms with Crippen molar-refractivity contribution in [2.45, 2.75) is 44.1 Å². The number of nitriles is 1. The molecule has 1 aliphatic rings. The Hall–Kier alpha value is -1.89. The van der Waals surface area contributed by atoms with Crippen LogP contribution in [0.25, 0.3) is 0 Å². The molecule has 4 heteroatoms. The van der Waals surface area contributed by atoms with Crippen LogP contribution in [0.4, 0.5) is 0 Å². The number of aryl methyl sites for hydroxylation is 1. The number of pyridine rings is 1. The van der Waals surface area contributed by atoms with Crippen LogP contribution in [0.5, 0.6) is 0 Å². The average Bonchev–Trinajstić information content (AvgIpc) is 2.87. The first-order valence-electron chi connectivity index (χ1n) is 6.35. The van der Waals surface area contributed by atoms with Gasteiger partial charge < -0.3 is 5.32 Å². The van der Waals surface area contributed by atoms with Crippen LogP contribution < -0.4 is 5.32 Å². The fourth-order valence-corrected chi connectivity index (χ4v) is 2.38. The van der Waals surface area contributed by atoms with Gasteiger partial charge in [-0.25, -0.2) is 0 Å². The van der Waals surface area contributed by atoms with Crippen LogP contribution in [0.1, 0.15) is 37.7 Å². The maximum absolute atomic E-state index is 11.9. The Labute approximate surface area is 107 Å². The number of rotatable bonds is 4. The summed E-state index contributed by atoms with van der Waals surface area (Å²) < 4.78 is 0. The quantitative estimate of drug-likeness (QED) is 0.879. The monoisotopic (exact) mass is 243 g/mol. The molecule has 2 rings (SSSR count). The highest BCUT2D eigenvalue weighted by Crippen LogP contribution is 2.28. The molecule has 1 aliphatic carbocycles. The Kier molecular flexibility index (Phi) is 3.93. The van der Waals surface area contributed by atoms with Gasteiger partial charge in [0.15, 0.2) is 0 Å². The molecule has 0 saturated heterocycles. The van der Waals surface area contributed by atoms with Gasteiger partial charge in [-0.05, 0) is 49.8 Å². The minimum atomic E-state index is -0.602. The summed E-state index contributed by atoms with van der Waals surface area (Å²) in [6.45, 7) is 0. The smallest absolute Gasteiger partial charge is 0.221 e. The van der Waals surface area contributed by atoms with E-state index in [0.717, 1.165) is 31.2 Å². The standard InChI is InChI=1S/C14H17N3O/c15-11-14(7-1-2-8-14)17-13(18)4-3-12-5-9-16-10-6-12/h5-6,9-10H,1-4,7-8H2,(H,17,18). The van der Waals surface area contributed by atoms with E-state index in [1.54, 1.807) is 12.4 Å². The maximum atomic E-state index is 11.9. The fourth-order valence-electron chi connectivity index (χ4n) is 2.38. The van der Waals surface area contributed by atoms with Crippen molar-refractivity contribution in [2.24, 2.45) is 0 Å². The molecule has 1 aromatic heterocycles. The summed E-state index contributed by atoms with van der Waals surface area (Å²) in [7, 11) is 0. The SMILES string of the molecule is N#CC1(NC(=O)CCc2ccncc2)CCCC1. The van der Waals surface area contributed by atoms with Crippen molar-refractivity contribution in [1.82, 2.24) is 10.3 Å². The molecule has 0 aromatic carbocycles. The molecule has 0 spiro atoms. The molecule has 1 amide bonds. The highest BCUT2D eigenvalue weighted by molar-refractivity contribution is 5.77. The number of carbonyl (C=O) groups is 1. The number of nitrogens with one attached hydrogen (secondary N) is 1. The number of amides is 1. The van der Waals surface area contributed by atoms with Gasteiger partial charge in [0.2, 0.25) is 5.91 Å². The molecule has 1 heterocycles. The van der Waals surface area contributed by atoms with Crippen molar-refractivity contribution in [2.75, 3.05) is 0 Å². The predicted molar refractivity (Wildman–Crippen MR) is 67.5 cm³/mol. The van der Waals surface area contributed by atoms with E-state index in [-0.39, 0.29) is 5.91 Å². The summed E-state index contributed by atoms with van der Waals surface area (Å²) in [5.74, 6) is -0.0322. The summed E-state index contributed by atoms with van der Waals surface area (Å²) in [5.41, 5.74) is 0.493. The predicted octanol–water partition coefficient (Wildman–Crippen LogP) is 1.97. The second kappa shape index (κ2) is 5.63. The minimum absolute atomic E-state index is 0.0322. The van der Waals surface area contributed by atoms with E-state index in [1.807, 2.05) is 12.1 Å². The molecular weight excluding hydrogens is 226 g/mol. The molecule has 1 N–H and O–H groups in total. The van der Waals surface area contributed by atoms with Gasteiger partial charge >= 0.3 is 0 Å². The number of nitrogens with zero attached hydrogens (tertiary/aromatic N) is 2. The van der Waals surface area contributed by atoms with Gasteiger partial charge in [0.1, 0.15) is 5.54 Å². The van der Waals surface area contributed by atoms with Crippen LogP contribution in [0.15, 0.2) is 24.5 Å². The molecule has 0 bridgehead atoms. The normalized spacial score (nSPS) is 17.1. The minimum Gasteiger partial charge on any atom is -0.338 e. The molecule has 0 radical (unpaired) electrons. The third-order valence-electron chi connectivity index (χ3n) is 3.44. The van der Waals surface area contributed by atoms with Gasteiger partial charge in [-0.2, -0.15) is 5.26 Å². The van der Waals surface area contributed by atoms with E-state index < -0.39 is 5.54 Å². The third-order valence-corrected chi connectivity index (χ3v) is 3.44.